The summed E-state index contributed by atoms with van der Waals surface area (Å²) in [6.45, 7) is 4.16. The molecule has 0 radical (unpaired) electrons. The van der Waals surface area contributed by atoms with Crippen molar-refractivity contribution in [3.63, 3.8) is 0 Å². The number of hydrogen-bond acceptors (Lipinski definition) is 2. The lowest BCUT2D eigenvalue weighted by atomic mass is 10.1. The molecule has 1 aromatic rings. The van der Waals surface area contributed by atoms with E-state index in [1.54, 1.807) is 0 Å². The Morgan fingerprint density at radius 1 is 1.29 bits per heavy atom. The van der Waals surface area contributed by atoms with Gasteiger partial charge in [-0.3, -0.25) is 0 Å². The van der Waals surface area contributed by atoms with Gasteiger partial charge in [-0.15, -0.1) is 12.4 Å². The summed E-state index contributed by atoms with van der Waals surface area (Å²) >= 11 is 0. The molecule has 1 aliphatic rings. The van der Waals surface area contributed by atoms with Crippen LogP contribution in [-0.2, 0) is 0 Å². The third kappa shape index (κ3) is 2.63. The Hall–Kier alpha value is -0.730. The van der Waals surface area contributed by atoms with E-state index in [1.807, 2.05) is 30.3 Å². The first kappa shape index (κ1) is 11.3. The van der Waals surface area contributed by atoms with Crippen LogP contribution < -0.4 is 10.1 Å². The smallest absolute Gasteiger partial charge is 0.120 e. The first-order chi connectivity index (χ1) is 6.29. The first-order valence-corrected chi connectivity index (χ1v) is 4.73. The van der Waals surface area contributed by atoms with Gasteiger partial charge in [-0.1, -0.05) is 18.2 Å². The Morgan fingerprint density at radius 2 is 2.00 bits per heavy atom. The number of para-hydroxylation sites is 1. The maximum atomic E-state index is 5.90. The van der Waals surface area contributed by atoms with E-state index in [2.05, 4.69) is 12.2 Å². The average molecular weight is 214 g/mol. The molecule has 2 rings (SSSR count). The molecule has 0 saturated carbocycles. The van der Waals surface area contributed by atoms with Gasteiger partial charge in [-0.05, 0) is 25.6 Å². The lowest BCUT2D eigenvalue weighted by Gasteiger charge is -2.24. The predicted molar refractivity (Wildman–Crippen MR) is 60.2 cm³/mol. The van der Waals surface area contributed by atoms with Crippen LogP contribution >= 0.6 is 12.4 Å². The lowest BCUT2D eigenvalue weighted by molar-refractivity contribution is 0.111. The largest absolute Gasteiger partial charge is 0.486 e. The lowest BCUT2D eigenvalue weighted by Crippen LogP contribution is -2.34. The van der Waals surface area contributed by atoms with Gasteiger partial charge in [0.05, 0.1) is 0 Å². The molecule has 1 atom stereocenters. The van der Waals surface area contributed by atoms with Crippen LogP contribution in [0, 0.1) is 0 Å². The van der Waals surface area contributed by atoms with Gasteiger partial charge in [0, 0.05) is 13.0 Å². The molecule has 1 saturated heterocycles. The van der Waals surface area contributed by atoms with Crippen molar-refractivity contribution in [1.82, 2.24) is 5.32 Å². The number of hydrogen-bond donors (Lipinski definition) is 1. The van der Waals surface area contributed by atoms with Gasteiger partial charge in [0.25, 0.3) is 0 Å². The Kier molecular flexibility index (Phi) is 3.78. The molecule has 2 nitrogen and oxygen atoms in total. The minimum absolute atomic E-state index is 0. The van der Waals surface area contributed by atoms with Crippen molar-refractivity contribution in [2.24, 2.45) is 0 Å². The van der Waals surface area contributed by atoms with Crippen LogP contribution in [0.3, 0.4) is 0 Å². The number of ether oxygens (including phenoxy) is 1. The second-order valence-electron chi connectivity index (χ2n) is 3.79. The van der Waals surface area contributed by atoms with E-state index in [4.69, 9.17) is 4.74 Å². The molecule has 0 aromatic heterocycles. The van der Waals surface area contributed by atoms with E-state index in [-0.39, 0.29) is 18.0 Å². The molecule has 1 aromatic carbocycles. The molecule has 1 unspecified atom stereocenters. The maximum Gasteiger partial charge on any atom is 0.120 e. The molecule has 0 aliphatic carbocycles. The van der Waals surface area contributed by atoms with Crippen molar-refractivity contribution < 1.29 is 4.74 Å². The van der Waals surface area contributed by atoms with Gasteiger partial charge >= 0.3 is 0 Å². The summed E-state index contributed by atoms with van der Waals surface area (Å²) < 4.78 is 5.90. The normalized spacial score (nSPS) is 25.5. The van der Waals surface area contributed by atoms with E-state index in [0.717, 1.165) is 25.3 Å². The van der Waals surface area contributed by atoms with Crippen molar-refractivity contribution in [3.05, 3.63) is 30.3 Å². The fourth-order valence-corrected chi connectivity index (χ4v) is 1.65. The van der Waals surface area contributed by atoms with Gasteiger partial charge in [0.1, 0.15) is 11.4 Å². The molecule has 1 N–H and O–H groups in total. The second-order valence-corrected chi connectivity index (χ2v) is 3.79. The molecule has 78 valence electrons. The number of rotatable bonds is 2. The molecule has 0 amide bonds. The van der Waals surface area contributed by atoms with E-state index in [0.29, 0.717) is 0 Å². The van der Waals surface area contributed by atoms with Crippen molar-refractivity contribution in [2.75, 3.05) is 13.1 Å². The zero-order valence-corrected chi connectivity index (χ0v) is 9.14. The highest BCUT2D eigenvalue weighted by Crippen LogP contribution is 2.22. The molecular formula is C11H16ClNO. The van der Waals surface area contributed by atoms with E-state index >= 15 is 0 Å². The Balaban J connectivity index is 0.000000980. The summed E-state index contributed by atoms with van der Waals surface area (Å²) in [5.41, 5.74) is -0.0125. The zero-order chi connectivity index (χ0) is 9.15. The highest BCUT2D eigenvalue weighted by Gasteiger charge is 2.30. The summed E-state index contributed by atoms with van der Waals surface area (Å²) in [7, 11) is 0. The minimum Gasteiger partial charge on any atom is -0.486 e. The van der Waals surface area contributed by atoms with Crippen molar-refractivity contribution in [1.29, 1.82) is 0 Å². The van der Waals surface area contributed by atoms with Crippen molar-refractivity contribution >= 4 is 12.4 Å². The first-order valence-electron chi connectivity index (χ1n) is 4.73. The number of halogens is 1. The minimum atomic E-state index is -0.0125. The highest BCUT2D eigenvalue weighted by atomic mass is 35.5. The third-order valence-electron chi connectivity index (χ3n) is 2.44. The Labute approximate surface area is 91.1 Å². The zero-order valence-electron chi connectivity index (χ0n) is 8.32. The SMILES string of the molecule is CC1(Oc2ccccc2)CCNC1.Cl. The van der Waals surface area contributed by atoms with Gasteiger partial charge in [-0.2, -0.15) is 0 Å². The fourth-order valence-electron chi connectivity index (χ4n) is 1.65. The fraction of sp³-hybridized carbons (Fsp3) is 0.455. The number of benzene rings is 1. The number of nitrogens with one attached hydrogen (secondary N) is 1. The molecule has 0 spiro atoms. The van der Waals surface area contributed by atoms with Crippen LogP contribution in [0.25, 0.3) is 0 Å². The summed E-state index contributed by atoms with van der Waals surface area (Å²) in [6.07, 6.45) is 1.09. The summed E-state index contributed by atoms with van der Waals surface area (Å²) in [5, 5.41) is 3.31. The third-order valence-corrected chi connectivity index (χ3v) is 2.44. The maximum absolute atomic E-state index is 5.90. The van der Waals surface area contributed by atoms with Crippen LogP contribution in [0.15, 0.2) is 30.3 Å². The van der Waals surface area contributed by atoms with Crippen LogP contribution in [0.5, 0.6) is 5.75 Å². The van der Waals surface area contributed by atoms with Crippen LogP contribution in [0.1, 0.15) is 13.3 Å². The topological polar surface area (TPSA) is 21.3 Å². The average Bonchev–Trinajstić information content (AvgIpc) is 2.54. The van der Waals surface area contributed by atoms with Gasteiger partial charge in [-0.25, -0.2) is 0 Å². The second kappa shape index (κ2) is 4.67. The van der Waals surface area contributed by atoms with E-state index in [9.17, 15) is 0 Å². The van der Waals surface area contributed by atoms with Gasteiger partial charge in [0.15, 0.2) is 0 Å². The quantitative estimate of drug-likeness (QED) is 0.814. The molecule has 1 fully saturated rings. The molecule has 1 aliphatic heterocycles. The van der Waals surface area contributed by atoms with E-state index < -0.39 is 0 Å². The van der Waals surface area contributed by atoms with Crippen LogP contribution in [-0.4, -0.2) is 18.7 Å². The Bertz CT molecular complexity index is 270. The summed E-state index contributed by atoms with van der Waals surface area (Å²) in [5.74, 6) is 0.966. The summed E-state index contributed by atoms with van der Waals surface area (Å²) in [4.78, 5) is 0. The molecule has 1 heterocycles. The van der Waals surface area contributed by atoms with Crippen molar-refractivity contribution in [3.8, 4) is 5.75 Å². The standard InChI is InChI=1S/C11H15NO.ClH/c1-11(7-8-12-9-11)13-10-5-3-2-4-6-10;/h2-6,12H,7-9H2,1H3;1H. The van der Waals surface area contributed by atoms with Gasteiger partial charge < -0.3 is 10.1 Å². The van der Waals surface area contributed by atoms with E-state index in [1.165, 1.54) is 0 Å². The summed E-state index contributed by atoms with van der Waals surface area (Å²) in [6, 6.07) is 10.0. The monoisotopic (exact) mass is 213 g/mol. The predicted octanol–water partition coefficient (Wildman–Crippen LogP) is 2.24. The Morgan fingerprint density at radius 3 is 2.57 bits per heavy atom. The van der Waals surface area contributed by atoms with Crippen LogP contribution in [0.4, 0.5) is 0 Å². The molecule has 0 bridgehead atoms. The molecule has 14 heavy (non-hydrogen) atoms. The molecule has 3 heteroatoms. The highest BCUT2D eigenvalue weighted by molar-refractivity contribution is 5.85. The van der Waals surface area contributed by atoms with Gasteiger partial charge in [0.2, 0.25) is 0 Å². The van der Waals surface area contributed by atoms with Crippen molar-refractivity contribution in [2.45, 2.75) is 18.9 Å². The molecular weight excluding hydrogens is 198 g/mol. The van der Waals surface area contributed by atoms with Crippen LogP contribution in [0.2, 0.25) is 0 Å².